The van der Waals surface area contributed by atoms with Crippen molar-refractivity contribution in [1.29, 1.82) is 0 Å². The zero-order valence-corrected chi connectivity index (χ0v) is 11.5. The van der Waals surface area contributed by atoms with Gasteiger partial charge in [-0.15, -0.1) is 0 Å². The maximum atomic E-state index is 12.2. The van der Waals surface area contributed by atoms with Gasteiger partial charge < -0.3 is 15.4 Å². The van der Waals surface area contributed by atoms with Crippen LogP contribution < -0.4 is 10.6 Å². The van der Waals surface area contributed by atoms with Crippen molar-refractivity contribution in [1.82, 2.24) is 0 Å². The van der Waals surface area contributed by atoms with Crippen LogP contribution in [0.3, 0.4) is 0 Å². The molecule has 1 aromatic carbocycles. The highest BCUT2D eigenvalue weighted by Crippen LogP contribution is 2.19. The Balaban J connectivity index is 1.93. The van der Waals surface area contributed by atoms with Crippen molar-refractivity contribution in [2.45, 2.75) is 38.3 Å². The highest BCUT2D eigenvalue weighted by Gasteiger charge is 2.20. The molecule has 1 fully saturated rings. The molecular weight excluding hydrogens is 240 g/mol. The van der Waals surface area contributed by atoms with Crippen LogP contribution in [-0.2, 0) is 16.1 Å². The lowest BCUT2D eigenvalue weighted by Crippen LogP contribution is -2.32. The van der Waals surface area contributed by atoms with Crippen molar-refractivity contribution in [3.8, 4) is 0 Å². The molecule has 1 saturated heterocycles. The molecule has 0 aliphatic carbocycles. The largest absolute Gasteiger partial charge is 0.378 e. The van der Waals surface area contributed by atoms with Gasteiger partial charge >= 0.3 is 0 Å². The molecule has 2 N–H and O–H groups in total. The van der Waals surface area contributed by atoms with Crippen LogP contribution >= 0.6 is 0 Å². The molecule has 4 nitrogen and oxygen atoms in total. The average Bonchev–Trinajstić information content (AvgIpc) is 2.47. The summed E-state index contributed by atoms with van der Waals surface area (Å²) < 4.78 is 5.61. The summed E-state index contributed by atoms with van der Waals surface area (Å²) in [5, 5.41) is 0. The van der Waals surface area contributed by atoms with E-state index in [-0.39, 0.29) is 12.0 Å². The summed E-state index contributed by atoms with van der Waals surface area (Å²) >= 11 is 0. The Kier molecular flexibility index (Phi) is 4.93. The molecule has 19 heavy (non-hydrogen) atoms. The molecule has 0 aromatic heterocycles. The highest BCUT2D eigenvalue weighted by molar-refractivity contribution is 5.93. The molecule has 0 spiro atoms. The first kappa shape index (κ1) is 14.0. The number of hydrogen-bond donors (Lipinski definition) is 1. The second-order valence-corrected chi connectivity index (χ2v) is 5.02. The fourth-order valence-corrected chi connectivity index (χ4v) is 2.30. The van der Waals surface area contributed by atoms with Gasteiger partial charge in [0.25, 0.3) is 0 Å². The van der Waals surface area contributed by atoms with Gasteiger partial charge in [-0.3, -0.25) is 4.79 Å². The van der Waals surface area contributed by atoms with Crippen molar-refractivity contribution in [2.75, 3.05) is 18.6 Å². The van der Waals surface area contributed by atoms with Crippen molar-refractivity contribution < 1.29 is 9.53 Å². The van der Waals surface area contributed by atoms with Crippen LogP contribution in [0.1, 0.15) is 31.2 Å². The predicted octanol–water partition coefficient (Wildman–Crippen LogP) is 2.07. The first-order valence-corrected chi connectivity index (χ1v) is 6.88. The van der Waals surface area contributed by atoms with Crippen molar-refractivity contribution in [3.05, 3.63) is 29.8 Å². The first-order valence-electron chi connectivity index (χ1n) is 6.88. The molecule has 1 amide bonds. The minimum Gasteiger partial charge on any atom is -0.378 e. The first-order chi connectivity index (χ1) is 9.20. The van der Waals surface area contributed by atoms with E-state index in [2.05, 4.69) is 0 Å². The lowest BCUT2D eigenvalue weighted by atomic mass is 10.1. The van der Waals surface area contributed by atoms with Crippen LogP contribution in [0.25, 0.3) is 0 Å². The number of rotatable bonds is 4. The second kappa shape index (κ2) is 6.68. The number of carbonyl (C=O) groups excluding carboxylic acids is 1. The maximum Gasteiger partial charge on any atom is 0.229 e. The number of ether oxygens (including phenoxy) is 1. The fraction of sp³-hybridized carbons (Fsp3) is 0.533. The molecule has 1 unspecified atom stereocenters. The standard InChI is InChI=1S/C15H22N2O2/c1-17(13-7-5-12(11-16)6-8-13)15(18)10-14-4-2-3-9-19-14/h5-8,14H,2-4,9-11,16H2,1H3. The van der Waals surface area contributed by atoms with Gasteiger partial charge in [-0.05, 0) is 37.0 Å². The van der Waals surface area contributed by atoms with E-state index in [4.69, 9.17) is 10.5 Å². The van der Waals surface area contributed by atoms with Gasteiger partial charge in [0.15, 0.2) is 0 Å². The quantitative estimate of drug-likeness (QED) is 0.903. The van der Waals surface area contributed by atoms with Gasteiger partial charge in [0, 0.05) is 25.9 Å². The van der Waals surface area contributed by atoms with Gasteiger partial charge in [0.1, 0.15) is 0 Å². The number of amides is 1. The van der Waals surface area contributed by atoms with Crippen molar-refractivity contribution >= 4 is 11.6 Å². The molecule has 0 saturated carbocycles. The third kappa shape index (κ3) is 3.78. The van der Waals surface area contributed by atoms with E-state index in [1.807, 2.05) is 31.3 Å². The predicted molar refractivity (Wildman–Crippen MR) is 76.0 cm³/mol. The third-order valence-corrected chi connectivity index (χ3v) is 3.61. The molecule has 1 aromatic rings. The molecular formula is C15H22N2O2. The summed E-state index contributed by atoms with van der Waals surface area (Å²) in [5.74, 6) is 0.104. The lowest BCUT2D eigenvalue weighted by molar-refractivity contribution is -0.122. The number of nitrogens with zero attached hydrogens (tertiary/aromatic N) is 1. The third-order valence-electron chi connectivity index (χ3n) is 3.61. The SMILES string of the molecule is CN(C(=O)CC1CCCCO1)c1ccc(CN)cc1. The van der Waals surface area contributed by atoms with Gasteiger partial charge in [0.2, 0.25) is 5.91 Å². The average molecular weight is 262 g/mol. The van der Waals surface area contributed by atoms with E-state index >= 15 is 0 Å². The molecule has 1 aliphatic heterocycles. The second-order valence-electron chi connectivity index (χ2n) is 5.02. The minimum absolute atomic E-state index is 0.0898. The van der Waals surface area contributed by atoms with E-state index in [1.165, 1.54) is 0 Å². The summed E-state index contributed by atoms with van der Waals surface area (Å²) in [6, 6.07) is 7.77. The Hall–Kier alpha value is -1.39. The molecule has 1 heterocycles. The topological polar surface area (TPSA) is 55.6 Å². The Morgan fingerprint density at radius 1 is 1.37 bits per heavy atom. The molecule has 1 aliphatic rings. The molecule has 2 rings (SSSR count). The molecule has 1 atom stereocenters. The summed E-state index contributed by atoms with van der Waals surface area (Å²) in [4.78, 5) is 13.9. The lowest BCUT2D eigenvalue weighted by Gasteiger charge is -2.25. The number of nitrogens with two attached hydrogens (primary N) is 1. The zero-order chi connectivity index (χ0) is 13.7. The van der Waals surface area contributed by atoms with Crippen LogP contribution in [-0.4, -0.2) is 25.7 Å². The smallest absolute Gasteiger partial charge is 0.229 e. The molecule has 0 bridgehead atoms. The number of carbonyl (C=O) groups is 1. The Morgan fingerprint density at radius 2 is 2.11 bits per heavy atom. The monoisotopic (exact) mass is 262 g/mol. The van der Waals surface area contributed by atoms with Gasteiger partial charge in [-0.1, -0.05) is 12.1 Å². The molecule has 4 heteroatoms. The van der Waals surface area contributed by atoms with Crippen LogP contribution in [0.4, 0.5) is 5.69 Å². The van der Waals surface area contributed by atoms with Crippen LogP contribution in [0.2, 0.25) is 0 Å². The summed E-state index contributed by atoms with van der Waals surface area (Å²) in [7, 11) is 1.81. The number of benzene rings is 1. The van der Waals surface area contributed by atoms with E-state index in [0.29, 0.717) is 13.0 Å². The minimum atomic E-state index is 0.0898. The van der Waals surface area contributed by atoms with Crippen molar-refractivity contribution in [3.63, 3.8) is 0 Å². The normalized spacial score (nSPS) is 19.2. The van der Waals surface area contributed by atoms with E-state index in [1.54, 1.807) is 4.90 Å². The van der Waals surface area contributed by atoms with E-state index < -0.39 is 0 Å². The molecule has 0 radical (unpaired) electrons. The van der Waals surface area contributed by atoms with Gasteiger partial charge in [-0.25, -0.2) is 0 Å². The summed E-state index contributed by atoms with van der Waals surface area (Å²) in [6.45, 7) is 1.31. The highest BCUT2D eigenvalue weighted by atomic mass is 16.5. The van der Waals surface area contributed by atoms with Crippen LogP contribution in [0.5, 0.6) is 0 Å². The fourth-order valence-electron chi connectivity index (χ4n) is 2.30. The Bertz CT molecular complexity index is 411. The summed E-state index contributed by atoms with van der Waals surface area (Å²) in [5.41, 5.74) is 7.53. The Labute approximate surface area is 114 Å². The molecule has 104 valence electrons. The van der Waals surface area contributed by atoms with Crippen LogP contribution in [0, 0.1) is 0 Å². The Morgan fingerprint density at radius 3 is 2.68 bits per heavy atom. The van der Waals surface area contributed by atoms with E-state index in [0.717, 1.165) is 37.1 Å². The van der Waals surface area contributed by atoms with E-state index in [9.17, 15) is 4.79 Å². The maximum absolute atomic E-state index is 12.2. The summed E-state index contributed by atoms with van der Waals surface area (Å²) in [6.07, 6.45) is 3.82. The zero-order valence-electron chi connectivity index (χ0n) is 11.5. The van der Waals surface area contributed by atoms with Gasteiger partial charge in [0.05, 0.1) is 12.5 Å². The number of anilines is 1. The van der Waals surface area contributed by atoms with Crippen molar-refractivity contribution in [2.24, 2.45) is 5.73 Å². The van der Waals surface area contributed by atoms with Gasteiger partial charge in [-0.2, -0.15) is 0 Å². The number of hydrogen-bond acceptors (Lipinski definition) is 3. The van der Waals surface area contributed by atoms with Crippen LogP contribution in [0.15, 0.2) is 24.3 Å².